The van der Waals surface area contributed by atoms with Crippen molar-refractivity contribution in [2.24, 2.45) is 11.3 Å². The van der Waals surface area contributed by atoms with E-state index in [1.807, 2.05) is 0 Å². The van der Waals surface area contributed by atoms with Crippen molar-refractivity contribution in [3.05, 3.63) is 0 Å². The molecule has 3 unspecified atom stereocenters. The van der Waals surface area contributed by atoms with Crippen molar-refractivity contribution in [2.45, 2.75) is 77.9 Å². The maximum Gasteiger partial charge on any atom is 0.0631 e. The van der Waals surface area contributed by atoms with Gasteiger partial charge < -0.3 is 10.0 Å². The first-order valence-electron chi connectivity index (χ1n) is 7.96. The van der Waals surface area contributed by atoms with Crippen LogP contribution in [-0.4, -0.2) is 35.2 Å². The van der Waals surface area contributed by atoms with E-state index in [0.29, 0.717) is 5.92 Å². The standard InChI is InChI=1S/C16H31NO/c1-4-14-9-5-6-11-17(14)12-13-8-7-10-16(2,3)15(13)18/h13-15,18H,4-12H2,1-3H3. The lowest BCUT2D eigenvalue weighted by Crippen LogP contribution is -2.48. The van der Waals surface area contributed by atoms with Gasteiger partial charge in [-0.05, 0) is 50.0 Å². The Bertz CT molecular complexity index is 264. The molecule has 0 bridgehead atoms. The predicted molar refractivity (Wildman–Crippen MR) is 76.6 cm³/mol. The molecule has 1 saturated heterocycles. The van der Waals surface area contributed by atoms with Crippen LogP contribution in [0.15, 0.2) is 0 Å². The van der Waals surface area contributed by atoms with E-state index in [4.69, 9.17) is 0 Å². The van der Waals surface area contributed by atoms with Gasteiger partial charge in [0.15, 0.2) is 0 Å². The molecular weight excluding hydrogens is 222 g/mol. The van der Waals surface area contributed by atoms with Gasteiger partial charge in [0.05, 0.1) is 6.10 Å². The van der Waals surface area contributed by atoms with Gasteiger partial charge in [-0.15, -0.1) is 0 Å². The van der Waals surface area contributed by atoms with Gasteiger partial charge in [-0.3, -0.25) is 0 Å². The Morgan fingerprint density at radius 2 is 1.94 bits per heavy atom. The number of hydrogen-bond acceptors (Lipinski definition) is 2. The molecule has 2 nitrogen and oxygen atoms in total. The second-order valence-corrected chi connectivity index (χ2v) is 7.14. The number of nitrogens with zero attached hydrogens (tertiary/aromatic N) is 1. The van der Waals surface area contributed by atoms with Gasteiger partial charge in [0.1, 0.15) is 0 Å². The van der Waals surface area contributed by atoms with Crippen LogP contribution < -0.4 is 0 Å². The third-order valence-corrected chi connectivity index (χ3v) is 5.33. The number of aliphatic hydroxyl groups is 1. The zero-order valence-electron chi connectivity index (χ0n) is 12.5. The van der Waals surface area contributed by atoms with E-state index >= 15 is 0 Å². The van der Waals surface area contributed by atoms with Crippen molar-refractivity contribution in [1.29, 1.82) is 0 Å². The summed E-state index contributed by atoms with van der Waals surface area (Å²) in [6.07, 6.45) is 8.97. The monoisotopic (exact) mass is 253 g/mol. The third kappa shape index (κ3) is 3.08. The molecule has 0 amide bonds. The highest BCUT2D eigenvalue weighted by Crippen LogP contribution is 2.39. The average molecular weight is 253 g/mol. The van der Waals surface area contributed by atoms with E-state index in [2.05, 4.69) is 25.7 Å². The first kappa shape index (κ1) is 14.3. The molecule has 18 heavy (non-hydrogen) atoms. The minimum Gasteiger partial charge on any atom is -0.392 e. The van der Waals surface area contributed by atoms with Crippen molar-refractivity contribution in [1.82, 2.24) is 4.90 Å². The van der Waals surface area contributed by atoms with Gasteiger partial charge in [0, 0.05) is 12.6 Å². The van der Waals surface area contributed by atoms with Crippen LogP contribution in [0.2, 0.25) is 0 Å². The molecule has 1 aliphatic heterocycles. The molecule has 3 atom stereocenters. The van der Waals surface area contributed by atoms with Crippen LogP contribution in [0.3, 0.4) is 0 Å². The molecule has 0 aromatic heterocycles. The highest BCUT2D eigenvalue weighted by Gasteiger charge is 2.39. The molecule has 2 heteroatoms. The Morgan fingerprint density at radius 3 is 2.67 bits per heavy atom. The molecule has 2 fully saturated rings. The Hall–Kier alpha value is -0.0800. The quantitative estimate of drug-likeness (QED) is 0.833. The molecule has 2 rings (SSSR count). The summed E-state index contributed by atoms with van der Waals surface area (Å²) in [6, 6.07) is 0.774. The lowest BCUT2D eigenvalue weighted by Gasteiger charge is -2.45. The number of likely N-dealkylation sites (tertiary alicyclic amines) is 1. The molecule has 0 aromatic carbocycles. The minimum absolute atomic E-state index is 0.106. The van der Waals surface area contributed by atoms with E-state index < -0.39 is 0 Å². The number of hydrogen-bond donors (Lipinski definition) is 1. The second-order valence-electron chi connectivity index (χ2n) is 7.14. The molecule has 1 saturated carbocycles. The number of aliphatic hydroxyl groups excluding tert-OH is 1. The predicted octanol–water partition coefficient (Wildman–Crippen LogP) is 3.44. The summed E-state index contributed by atoms with van der Waals surface area (Å²) in [5.74, 6) is 0.501. The number of piperidine rings is 1. The Kier molecular flexibility index (Phi) is 4.71. The van der Waals surface area contributed by atoms with E-state index in [9.17, 15) is 5.11 Å². The number of rotatable bonds is 3. The molecule has 106 valence electrons. The summed E-state index contributed by atoms with van der Waals surface area (Å²) in [5, 5.41) is 10.6. The first-order valence-corrected chi connectivity index (χ1v) is 7.96. The van der Waals surface area contributed by atoms with Gasteiger partial charge in [-0.2, -0.15) is 0 Å². The van der Waals surface area contributed by atoms with E-state index in [-0.39, 0.29) is 11.5 Å². The van der Waals surface area contributed by atoms with E-state index in [0.717, 1.165) is 12.6 Å². The maximum atomic E-state index is 10.6. The molecule has 0 radical (unpaired) electrons. The average Bonchev–Trinajstić information content (AvgIpc) is 2.35. The Morgan fingerprint density at radius 1 is 1.17 bits per heavy atom. The summed E-state index contributed by atoms with van der Waals surface area (Å²) in [7, 11) is 0. The van der Waals surface area contributed by atoms with Gasteiger partial charge in [-0.25, -0.2) is 0 Å². The van der Waals surface area contributed by atoms with Crippen molar-refractivity contribution in [3.63, 3.8) is 0 Å². The molecule has 0 aromatic rings. The van der Waals surface area contributed by atoms with Crippen LogP contribution in [0, 0.1) is 11.3 Å². The van der Waals surface area contributed by atoms with Crippen molar-refractivity contribution in [2.75, 3.05) is 13.1 Å². The van der Waals surface area contributed by atoms with Gasteiger partial charge in [-0.1, -0.05) is 33.6 Å². The fourth-order valence-corrected chi connectivity index (χ4v) is 4.02. The lowest BCUT2D eigenvalue weighted by molar-refractivity contribution is -0.0497. The fraction of sp³-hybridized carbons (Fsp3) is 1.00. The van der Waals surface area contributed by atoms with Crippen LogP contribution in [0.4, 0.5) is 0 Å². The summed E-state index contributed by atoms with van der Waals surface area (Å²) in [5.41, 5.74) is 0.125. The van der Waals surface area contributed by atoms with Crippen LogP contribution in [0.25, 0.3) is 0 Å². The normalized spacial score (nSPS) is 37.7. The van der Waals surface area contributed by atoms with Gasteiger partial charge in [0.2, 0.25) is 0 Å². The molecular formula is C16H31NO. The largest absolute Gasteiger partial charge is 0.392 e. The molecule has 1 heterocycles. The van der Waals surface area contributed by atoms with Crippen LogP contribution in [0.1, 0.15) is 65.7 Å². The fourth-order valence-electron chi connectivity index (χ4n) is 4.02. The zero-order chi connectivity index (χ0) is 13.2. The zero-order valence-corrected chi connectivity index (χ0v) is 12.5. The Balaban J connectivity index is 1.95. The van der Waals surface area contributed by atoms with Crippen LogP contribution in [-0.2, 0) is 0 Å². The summed E-state index contributed by atoms with van der Waals surface area (Å²) >= 11 is 0. The van der Waals surface area contributed by atoms with Crippen molar-refractivity contribution in [3.8, 4) is 0 Å². The SMILES string of the molecule is CCC1CCCCN1CC1CCCC(C)(C)C1O. The third-order valence-electron chi connectivity index (χ3n) is 5.33. The Labute approximate surface area is 113 Å². The van der Waals surface area contributed by atoms with Gasteiger partial charge >= 0.3 is 0 Å². The highest BCUT2D eigenvalue weighted by atomic mass is 16.3. The molecule has 1 N–H and O–H groups in total. The highest BCUT2D eigenvalue weighted by molar-refractivity contribution is 4.90. The topological polar surface area (TPSA) is 23.5 Å². The van der Waals surface area contributed by atoms with Crippen molar-refractivity contribution < 1.29 is 5.11 Å². The lowest BCUT2D eigenvalue weighted by atomic mass is 9.69. The molecule has 1 aliphatic carbocycles. The van der Waals surface area contributed by atoms with E-state index in [1.165, 1.54) is 51.5 Å². The minimum atomic E-state index is -0.106. The van der Waals surface area contributed by atoms with Crippen LogP contribution >= 0.6 is 0 Å². The smallest absolute Gasteiger partial charge is 0.0631 e. The van der Waals surface area contributed by atoms with Crippen LogP contribution in [0.5, 0.6) is 0 Å². The summed E-state index contributed by atoms with van der Waals surface area (Å²) < 4.78 is 0. The maximum absolute atomic E-state index is 10.6. The second kappa shape index (κ2) is 5.92. The molecule has 0 spiro atoms. The van der Waals surface area contributed by atoms with Crippen molar-refractivity contribution >= 4 is 0 Å². The van der Waals surface area contributed by atoms with Gasteiger partial charge in [0.25, 0.3) is 0 Å². The summed E-state index contributed by atoms with van der Waals surface area (Å²) in [6.45, 7) is 9.16. The molecule has 2 aliphatic rings. The van der Waals surface area contributed by atoms with E-state index in [1.54, 1.807) is 0 Å². The first-order chi connectivity index (χ1) is 8.54. The summed E-state index contributed by atoms with van der Waals surface area (Å²) in [4.78, 5) is 2.67.